The van der Waals surface area contributed by atoms with Crippen LogP contribution in [0.1, 0.15) is 49.0 Å². The highest BCUT2D eigenvalue weighted by Crippen LogP contribution is 2.12. The molecule has 0 aliphatic carbocycles. The van der Waals surface area contributed by atoms with Crippen LogP contribution in [-0.2, 0) is 6.42 Å². The van der Waals surface area contributed by atoms with Crippen LogP contribution in [0.5, 0.6) is 0 Å². The summed E-state index contributed by atoms with van der Waals surface area (Å²) in [7, 11) is 0. The van der Waals surface area contributed by atoms with Gasteiger partial charge in [-0.05, 0) is 25.3 Å². The molecular formula is C14H19ClO. The topological polar surface area (TPSA) is 17.1 Å². The minimum atomic E-state index is -0.439. The first kappa shape index (κ1) is 13.2. The number of rotatable bonds is 6. The fourth-order valence-corrected chi connectivity index (χ4v) is 1.77. The van der Waals surface area contributed by atoms with Crippen LogP contribution < -0.4 is 0 Å². The van der Waals surface area contributed by atoms with Crippen LogP contribution in [-0.4, -0.2) is 11.2 Å². The van der Waals surface area contributed by atoms with E-state index in [1.165, 1.54) is 24.8 Å². The van der Waals surface area contributed by atoms with E-state index in [1.54, 1.807) is 6.92 Å². The molecule has 1 unspecified atom stereocenters. The summed E-state index contributed by atoms with van der Waals surface area (Å²) < 4.78 is 0. The number of ketones is 1. The number of aryl methyl sites for hydroxylation is 1. The minimum Gasteiger partial charge on any atom is -0.293 e. The molecule has 0 saturated heterocycles. The second-order valence-electron chi connectivity index (χ2n) is 4.13. The second kappa shape index (κ2) is 6.70. The average molecular weight is 239 g/mol. The third-order valence-corrected chi connectivity index (χ3v) is 2.87. The average Bonchev–Trinajstić information content (AvgIpc) is 2.29. The third-order valence-electron chi connectivity index (χ3n) is 2.67. The molecule has 1 atom stereocenters. The summed E-state index contributed by atoms with van der Waals surface area (Å²) in [5.74, 6) is 0.00164. The van der Waals surface area contributed by atoms with E-state index in [2.05, 4.69) is 6.92 Å². The zero-order chi connectivity index (χ0) is 12.0. The highest BCUT2D eigenvalue weighted by molar-refractivity contribution is 6.33. The fraction of sp³-hybridized carbons (Fsp3) is 0.500. The Morgan fingerprint density at radius 3 is 2.38 bits per heavy atom. The van der Waals surface area contributed by atoms with Gasteiger partial charge in [-0.3, -0.25) is 4.79 Å². The summed E-state index contributed by atoms with van der Waals surface area (Å²) in [6.45, 7) is 3.91. The Bertz CT molecular complexity index is 327. The van der Waals surface area contributed by atoms with Crippen LogP contribution in [0, 0.1) is 0 Å². The molecular weight excluding hydrogens is 220 g/mol. The molecule has 0 aliphatic rings. The van der Waals surface area contributed by atoms with Gasteiger partial charge in [0.15, 0.2) is 5.78 Å². The van der Waals surface area contributed by atoms with Gasteiger partial charge in [0.1, 0.15) is 0 Å². The molecule has 0 bridgehead atoms. The molecule has 1 aromatic carbocycles. The first-order valence-electron chi connectivity index (χ1n) is 5.92. The Morgan fingerprint density at radius 2 is 1.88 bits per heavy atom. The van der Waals surface area contributed by atoms with Crippen molar-refractivity contribution in [1.82, 2.24) is 0 Å². The van der Waals surface area contributed by atoms with Crippen molar-refractivity contribution in [3.8, 4) is 0 Å². The number of carbonyl (C=O) groups is 1. The molecule has 0 heterocycles. The van der Waals surface area contributed by atoms with Gasteiger partial charge in [0, 0.05) is 5.56 Å². The van der Waals surface area contributed by atoms with E-state index in [0.717, 1.165) is 6.42 Å². The minimum absolute atomic E-state index is 0.00164. The summed E-state index contributed by atoms with van der Waals surface area (Å²) in [5.41, 5.74) is 2.01. The van der Waals surface area contributed by atoms with Gasteiger partial charge in [0.25, 0.3) is 0 Å². The molecule has 0 aromatic heterocycles. The fourth-order valence-electron chi connectivity index (χ4n) is 1.64. The van der Waals surface area contributed by atoms with Crippen LogP contribution in [0.15, 0.2) is 24.3 Å². The van der Waals surface area contributed by atoms with Gasteiger partial charge < -0.3 is 0 Å². The van der Waals surface area contributed by atoms with Gasteiger partial charge >= 0.3 is 0 Å². The molecule has 0 fully saturated rings. The lowest BCUT2D eigenvalue weighted by Crippen LogP contribution is -2.10. The van der Waals surface area contributed by atoms with E-state index in [9.17, 15) is 4.79 Å². The molecule has 0 aliphatic heterocycles. The van der Waals surface area contributed by atoms with Crippen molar-refractivity contribution >= 4 is 17.4 Å². The van der Waals surface area contributed by atoms with E-state index in [4.69, 9.17) is 11.6 Å². The van der Waals surface area contributed by atoms with Gasteiger partial charge in [0.05, 0.1) is 5.38 Å². The maximum atomic E-state index is 11.6. The summed E-state index contributed by atoms with van der Waals surface area (Å²) in [4.78, 5) is 11.6. The lowest BCUT2D eigenvalue weighted by atomic mass is 10.0. The van der Waals surface area contributed by atoms with Gasteiger partial charge in [-0.15, -0.1) is 11.6 Å². The Morgan fingerprint density at radius 1 is 1.25 bits per heavy atom. The summed E-state index contributed by atoms with van der Waals surface area (Å²) >= 11 is 5.76. The SMILES string of the molecule is CCCCCc1ccc(C(=O)C(C)Cl)cc1. The number of carbonyl (C=O) groups excluding carboxylic acids is 1. The van der Waals surface area contributed by atoms with Crippen molar-refractivity contribution in [2.75, 3.05) is 0 Å². The third kappa shape index (κ3) is 3.97. The van der Waals surface area contributed by atoms with Crippen molar-refractivity contribution in [3.05, 3.63) is 35.4 Å². The summed E-state index contributed by atoms with van der Waals surface area (Å²) in [5, 5.41) is -0.439. The van der Waals surface area contributed by atoms with Crippen molar-refractivity contribution in [2.24, 2.45) is 0 Å². The molecule has 0 radical (unpaired) electrons. The number of halogens is 1. The van der Waals surface area contributed by atoms with Crippen LogP contribution in [0.4, 0.5) is 0 Å². The monoisotopic (exact) mass is 238 g/mol. The Kier molecular flexibility index (Phi) is 5.54. The molecule has 16 heavy (non-hydrogen) atoms. The molecule has 1 nitrogen and oxygen atoms in total. The van der Waals surface area contributed by atoms with Crippen LogP contribution in [0.25, 0.3) is 0 Å². The molecule has 0 amide bonds. The Hall–Kier alpha value is -0.820. The molecule has 0 N–H and O–H groups in total. The number of unbranched alkanes of at least 4 members (excludes halogenated alkanes) is 2. The van der Waals surface area contributed by atoms with Crippen molar-refractivity contribution in [1.29, 1.82) is 0 Å². The molecule has 1 aromatic rings. The Labute approximate surface area is 103 Å². The molecule has 88 valence electrons. The van der Waals surface area contributed by atoms with Gasteiger partial charge in [-0.25, -0.2) is 0 Å². The zero-order valence-corrected chi connectivity index (χ0v) is 10.8. The molecule has 1 rings (SSSR count). The lowest BCUT2D eigenvalue weighted by molar-refractivity contribution is 0.0992. The number of alkyl halides is 1. The summed E-state index contributed by atoms with van der Waals surface area (Å²) in [6.07, 6.45) is 4.81. The maximum absolute atomic E-state index is 11.6. The van der Waals surface area contributed by atoms with E-state index < -0.39 is 5.38 Å². The number of Topliss-reactive ketones (excluding diaryl/α,β-unsaturated/α-hetero) is 1. The second-order valence-corrected chi connectivity index (χ2v) is 4.79. The first-order chi connectivity index (χ1) is 7.65. The highest BCUT2D eigenvalue weighted by Gasteiger charge is 2.11. The molecule has 0 spiro atoms. The number of hydrogen-bond donors (Lipinski definition) is 0. The number of hydrogen-bond acceptors (Lipinski definition) is 1. The predicted molar refractivity (Wildman–Crippen MR) is 69.3 cm³/mol. The van der Waals surface area contributed by atoms with E-state index in [-0.39, 0.29) is 5.78 Å². The Balaban J connectivity index is 2.57. The van der Waals surface area contributed by atoms with E-state index >= 15 is 0 Å². The summed E-state index contributed by atoms with van der Waals surface area (Å²) in [6, 6.07) is 7.81. The van der Waals surface area contributed by atoms with Gasteiger partial charge in [0.2, 0.25) is 0 Å². The normalized spacial score (nSPS) is 12.4. The number of benzene rings is 1. The lowest BCUT2D eigenvalue weighted by Gasteiger charge is -2.04. The molecule has 2 heteroatoms. The van der Waals surface area contributed by atoms with Gasteiger partial charge in [-0.1, -0.05) is 44.0 Å². The largest absolute Gasteiger partial charge is 0.293 e. The van der Waals surface area contributed by atoms with Crippen LogP contribution >= 0.6 is 11.6 Å². The standard InChI is InChI=1S/C14H19ClO/c1-3-4-5-6-12-7-9-13(10-8-12)14(16)11(2)15/h7-11H,3-6H2,1-2H3. The maximum Gasteiger partial charge on any atom is 0.180 e. The quantitative estimate of drug-likeness (QED) is 0.412. The van der Waals surface area contributed by atoms with Crippen LogP contribution in [0.2, 0.25) is 0 Å². The smallest absolute Gasteiger partial charge is 0.180 e. The first-order valence-corrected chi connectivity index (χ1v) is 6.36. The van der Waals surface area contributed by atoms with E-state index in [1.807, 2.05) is 24.3 Å². The van der Waals surface area contributed by atoms with E-state index in [0.29, 0.717) is 5.56 Å². The van der Waals surface area contributed by atoms with Crippen molar-refractivity contribution in [2.45, 2.75) is 44.9 Å². The zero-order valence-electron chi connectivity index (χ0n) is 10.0. The van der Waals surface area contributed by atoms with Crippen LogP contribution in [0.3, 0.4) is 0 Å². The van der Waals surface area contributed by atoms with Crippen molar-refractivity contribution < 1.29 is 4.79 Å². The van der Waals surface area contributed by atoms with Gasteiger partial charge in [-0.2, -0.15) is 0 Å². The molecule has 0 saturated carbocycles. The highest BCUT2D eigenvalue weighted by atomic mass is 35.5. The van der Waals surface area contributed by atoms with Crippen molar-refractivity contribution in [3.63, 3.8) is 0 Å². The predicted octanol–water partition coefficient (Wildman–Crippen LogP) is 4.23.